The van der Waals surface area contributed by atoms with Crippen molar-refractivity contribution in [2.75, 3.05) is 32.5 Å². The van der Waals surface area contributed by atoms with Crippen LogP contribution in [0.2, 0.25) is 0 Å². The molecular weight excluding hydrogens is 258 g/mol. The summed E-state index contributed by atoms with van der Waals surface area (Å²) in [4.78, 5) is 14.6. The molecule has 1 aromatic rings. The molecule has 0 saturated carbocycles. The zero-order valence-electron chi connectivity index (χ0n) is 12.2. The fraction of sp³-hybridized carbons (Fsp3) is 0.533. The lowest BCUT2D eigenvalue weighted by atomic mass is 10.1. The molecule has 0 amide bonds. The van der Waals surface area contributed by atoms with E-state index in [1.807, 2.05) is 30.6 Å². The van der Waals surface area contributed by atoms with Crippen molar-refractivity contribution in [1.29, 1.82) is 0 Å². The number of hydrogen-bond donors (Lipinski definition) is 0. The molecule has 0 aliphatic rings. The van der Waals surface area contributed by atoms with E-state index in [-0.39, 0.29) is 5.97 Å². The number of benzene rings is 1. The Morgan fingerprint density at radius 2 is 2.05 bits per heavy atom. The number of ether oxygens (including phenoxy) is 1. The maximum absolute atomic E-state index is 11.3. The second-order valence-corrected chi connectivity index (χ2v) is 5.81. The number of aryl methyl sites for hydroxylation is 2. The number of hydrogen-bond acceptors (Lipinski definition) is 4. The summed E-state index contributed by atoms with van der Waals surface area (Å²) < 4.78 is 4.92. The van der Waals surface area contributed by atoms with Crippen LogP contribution < -0.4 is 0 Å². The molecule has 0 heterocycles. The minimum absolute atomic E-state index is 0.152. The number of esters is 1. The number of nitrogens with zero attached hydrogens (tertiary/aromatic N) is 1. The average Bonchev–Trinajstić information content (AvgIpc) is 2.34. The highest BCUT2D eigenvalue weighted by atomic mass is 32.2. The average molecular weight is 281 g/mol. The smallest absolute Gasteiger partial charge is 0.320 e. The molecule has 0 aliphatic carbocycles. The Labute approximate surface area is 120 Å². The van der Waals surface area contributed by atoms with Crippen LogP contribution in [0.1, 0.15) is 18.1 Å². The van der Waals surface area contributed by atoms with Crippen molar-refractivity contribution < 1.29 is 9.53 Å². The van der Waals surface area contributed by atoms with Crippen LogP contribution >= 0.6 is 11.8 Å². The third-order valence-corrected chi connectivity index (χ3v) is 3.90. The van der Waals surface area contributed by atoms with E-state index in [2.05, 4.69) is 32.0 Å². The molecule has 1 rings (SSSR count). The normalized spacial score (nSPS) is 10.8. The molecule has 0 saturated heterocycles. The molecule has 0 atom stereocenters. The predicted molar refractivity (Wildman–Crippen MR) is 80.8 cm³/mol. The lowest BCUT2D eigenvalue weighted by molar-refractivity contribution is -0.144. The monoisotopic (exact) mass is 281 g/mol. The van der Waals surface area contributed by atoms with Gasteiger partial charge in [-0.1, -0.05) is 6.07 Å². The van der Waals surface area contributed by atoms with Crippen molar-refractivity contribution in [3.63, 3.8) is 0 Å². The van der Waals surface area contributed by atoms with Gasteiger partial charge in [-0.05, 0) is 51.1 Å². The maximum Gasteiger partial charge on any atom is 0.320 e. The minimum Gasteiger partial charge on any atom is -0.465 e. The van der Waals surface area contributed by atoms with Crippen LogP contribution in [-0.4, -0.2) is 43.4 Å². The van der Waals surface area contributed by atoms with Gasteiger partial charge in [0, 0.05) is 17.2 Å². The van der Waals surface area contributed by atoms with Gasteiger partial charge in [-0.25, -0.2) is 0 Å². The summed E-state index contributed by atoms with van der Waals surface area (Å²) >= 11 is 1.82. The molecule has 0 unspecified atom stereocenters. The second-order valence-electron chi connectivity index (χ2n) is 4.64. The third-order valence-electron chi connectivity index (χ3n) is 2.92. The highest BCUT2D eigenvalue weighted by molar-refractivity contribution is 7.99. The maximum atomic E-state index is 11.3. The Morgan fingerprint density at radius 3 is 2.68 bits per heavy atom. The molecule has 0 radical (unpaired) electrons. The number of carbonyl (C=O) groups is 1. The first-order valence-corrected chi connectivity index (χ1v) is 7.55. The highest BCUT2D eigenvalue weighted by Gasteiger charge is 2.06. The first kappa shape index (κ1) is 16.1. The van der Waals surface area contributed by atoms with E-state index < -0.39 is 0 Å². The molecule has 4 heteroatoms. The summed E-state index contributed by atoms with van der Waals surface area (Å²) in [5.41, 5.74) is 2.65. The van der Waals surface area contributed by atoms with Crippen LogP contribution in [0.15, 0.2) is 23.1 Å². The van der Waals surface area contributed by atoms with Gasteiger partial charge in [0.1, 0.15) is 0 Å². The molecule has 106 valence electrons. The zero-order valence-corrected chi connectivity index (χ0v) is 13.0. The number of thioether (sulfide) groups is 1. The van der Waals surface area contributed by atoms with E-state index in [0.717, 1.165) is 12.3 Å². The minimum atomic E-state index is -0.152. The van der Waals surface area contributed by atoms with Crippen LogP contribution in [0.4, 0.5) is 0 Å². The van der Waals surface area contributed by atoms with Crippen molar-refractivity contribution in [3.8, 4) is 0 Å². The highest BCUT2D eigenvalue weighted by Crippen LogP contribution is 2.20. The SMILES string of the molecule is CCOC(=O)CN(C)CCSc1ccc(C)c(C)c1. The molecule has 0 fully saturated rings. The van der Waals surface area contributed by atoms with Crippen LogP contribution in [0.25, 0.3) is 0 Å². The van der Waals surface area contributed by atoms with Crippen molar-refractivity contribution in [2.45, 2.75) is 25.7 Å². The molecular formula is C15H23NO2S. The van der Waals surface area contributed by atoms with Crippen LogP contribution in [0.3, 0.4) is 0 Å². The number of likely N-dealkylation sites (N-methyl/N-ethyl adjacent to an activating group) is 1. The van der Waals surface area contributed by atoms with Gasteiger partial charge in [0.2, 0.25) is 0 Å². The van der Waals surface area contributed by atoms with Gasteiger partial charge in [0.25, 0.3) is 0 Å². The first-order valence-electron chi connectivity index (χ1n) is 6.57. The van der Waals surface area contributed by atoms with E-state index in [1.54, 1.807) is 0 Å². The molecule has 3 nitrogen and oxygen atoms in total. The molecule has 0 N–H and O–H groups in total. The van der Waals surface area contributed by atoms with Gasteiger partial charge in [-0.2, -0.15) is 0 Å². The quantitative estimate of drug-likeness (QED) is 0.568. The molecule has 0 bridgehead atoms. The van der Waals surface area contributed by atoms with E-state index in [0.29, 0.717) is 13.2 Å². The zero-order chi connectivity index (χ0) is 14.3. The van der Waals surface area contributed by atoms with Crippen LogP contribution in [-0.2, 0) is 9.53 Å². The van der Waals surface area contributed by atoms with Gasteiger partial charge >= 0.3 is 5.97 Å². The largest absolute Gasteiger partial charge is 0.465 e. The molecule has 1 aromatic carbocycles. The molecule has 0 aromatic heterocycles. The Kier molecular flexibility index (Phi) is 6.95. The van der Waals surface area contributed by atoms with Gasteiger partial charge in [0.15, 0.2) is 0 Å². The second kappa shape index (κ2) is 8.23. The van der Waals surface area contributed by atoms with Crippen LogP contribution in [0.5, 0.6) is 0 Å². The summed E-state index contributed by atoms with van der Waals surface area (Å²) in [5.74, 6) is 0.819. The standard InChI is InChI=1S/C15H23NO2S/c1-5-18-15(17)11-16(4)8-9-19-14-7-6-12(2)13(3)10-14/h6-7,10H,5,8-9,11H2,1-4H3. The van der Waals surface area contributed by atoms with Gasteiger partial charge < -0.3 is 4.74 Å². The lowest BCUT2D eigenvalue weighted by Gasteiger charge is -2.15. The van der Waals surface area contributed by atoms with E-state index in [1.165, 1.54) is 16.0 Å². The summed E-state index contributed by atoms with van der Waals surface area (Å²) in [5, 5.41) is 0. The van der Waals surface area contributed by atoms with Crippen molar-refractivity contribution in [1.82, 2.24) is 4.90 Å². The summed E-state index contributed by atoms with van der Waals surface area (Å²) in [6.07, 6.45) is 0. The molecule has 0 spiro atoms. The van der Waals surface area contributed by atoms with Crippen molar-refractivity contribution >= 4 is 17.7 Å². The predicted octanol–water partition coefficient (Wildman–Crippen LogP) is 2.89. The third kappa shape index (κ3) is 6.12. The Hall–Kier alpha value is -1.00. The Morgan fingerprint density at radius 1 is 1.32 bits per heavy atom. The lowest BCUT2D eigenvalue weighted by Crippen LogP contribution is -2.29. The molecule has 0 aliphatic heterocycles. The van der Waals surface area contributed by atoms with E-state index >= 15 is 0 Å². The van der Waals surface area contributed by atoms with Crippen molar-refractivity contribution in [3.05, 3.63) is 29.3 Å². The first-order chi connectivity index (χ1) is 9.02. The van der Waals surface area contributed by atoms with Gasteiger partial charge in [0.05, 0.1) is 13.2 Å². The molecule has 19 heavy (non-hydrogen) atoms. The summed E-state index contributed by atoms with van der Waals surface area (Å²) in [6.45, 7) is 7.76. The van der Waals surface area contributed by atoms with Gasteiger partial charge in [-0.15, -0.1) is 11.8 Å². The number of carbonyl (C=O) groups excluding carboxylic acids is 1. The van der Waals surface area contributed by atoms with E-state index in [4.69, 9.17) is 4.74 Å². The fourth-order valence-corrected chi connectivity index (χ4v) is 2.69. The van der Waals surface area contributed by atoms with Crippen molar-refractivity contribution in [2.24, 2.45) is 0 Å². The van der Waals surface area contributed by atoms with E-state index in [9.17, 15) is 4.79 Å². The van der Waals surface area contributed by atoms with Gasteiger partial charge in [-0.3, -0.25) is 9.69 Å². The van der Waals surface area contributed by atoms with Crippen LogP contribution in [0, 0.1) is 13.8 Å². The summed E-state index contributed by atoms with van der Waals surface area (Å²) in [6, 6.07) is 6.52. The topological polar surface area (TPSA) is 29.5 Å². The number of rotatable bonds is 7. The fourth-order valence-electron chi connectivity index (χ4n) is 1.63. The Balaban J connectivity index is 2.29. The Bertz CT molecular complexity index is 421. The summed E-state index contributed by atoms with van der Waals surface area (Å²) in [7, 11) is 1.94.